The number of benzene rings is 3. The lowest BCUT2D eigenvalue weighted by molar-refractivity contribution is -0.137. The molecule has 6 aromatic rings. The molecule has 0 radical (unpaired) electrons. The van der Waals surface area contributed by atoms with Crippen molar-refractivity contribution in [1.82, 2.24) is 14.9 Å². The van der Waals surface area contributed by atoms with Crippen LogP contribution in [0.5, 0.6) is 0 Å². The minimum atomic E-state index is -4.47. The molecule has 8 nitrogen and oxygen atoms in total. The van der Waals surface area contributed by atoms with Gasteiger partial charge in [-0.2, -0.15) is 13.2 Å². The van der Waals surface area contributed by atoms with Crippen molar-refractivity contribution in [2.45, 2.75) is 13.1 Å². The Bertz CT molecular complexity index is 2200. The van der Waals surface area contributed by atoms with Gasteiger partial charge in [0.05, 0.1) is 34.1 Å². The van der Waals surface area contributed by atoms with Crippen LogP contribution in [0.1, 0.15) is 21.5 Å². The molecule has 45 heavy (non-hydrogen) atoms. The number of nitrogens with one attached hydrogen (secondary N) is 1. The van der Waals surface area contributed by atoms with E-state index in [9.17, 15) is 26.4 Å². The van der Waals surface area contributed by atoms with Gasteiger partial charge in [0.15, 0.2) is 0 Å². The quantitative estimate of drug-likeness (QED) is 0.210. The maximum absolute atomic E-state index is 13.2. The third kappa shape index (κ3) is 5.42. The summed E-state index contributed by atoms with van der Waals surface area (Å²) in [5.74, 6) is -0.0523. The predicted octanol–water partition coefficient (Wildman–Crippen LogP) is 7.19. The van der Waals surface area contributed by atoms with Gasteiger partial charge in [-0.15, -0.1) is 0 Å². The van der Waals surface area contributed by atoms with Crippen LogP contribution in [0.25, 0.3) is 50.1 Å². The smallest absolute Gasteiger partial charge is 0.416 e. The first-order chi connectivity index (χ1) is 21.3. The zero-order valence-corrected chi connectivity index (χ0v) is 25.4. The number of aromatic nitrogens is 2. The number of halogens is 3. The Hall–Kier alpha value is -5.10. The van der Waals surface area contributed by atoms with E-state index in [-0.39, 0.29) is 17.2 Å². The van der Waals surface area contributed by atoms with E-state index in [1.807, 2.05) is 31.2 Å². The number of sulfonamides is 1. The molecule has 3 aromatic heterocycles. The molecule has 0 saturated heterocycles. The van der Waals surface area contributed by atoms with Gasteiger partial charge in [0.1, 0.15) is 11.3 Å². The van der Waals surface area contributed by atoms with Crippen molar-refractivity contribution in [3.8, 4) is 28.1 Å². The van der Waals surface area contributed by atoms with E-state index in [1.165, 1.54) is 26.2 Å². The van der Waals surface area contributed by atoms with Gasteiger partial charge in [-0.3, -0.25) is 14.1 Å². The number of aryl methyl sites for hydroxylation is 1. The third-order valence-electron chi connectivity index (χ3n) is 7.73. The first kappa shape index (κ1) is 29.9. The molecule has 1 amide bonds. The van der Waals surface area contributed by atoms with Crippen molar-refractivity contribution < 1.29 is 30.8 Å². The van der Waals surface area contributed by atoms with Crippen LogP contribution in [0.3, 0.4) is 0 Å². The van der Waals surface area contributed by atoms with Gasteiger partial charge in [0, 0.05) is 60.3 Å². The predicted molar refractivity (Wildman–Crippen MR) is 168 cm³/mol. The molecule has 0 fully saturated rings. The first-order valence-corrected chi connectivity index (χ1v) is 15.6. The van der Waals surface area contributed by atoms with E-state index in [4.69, 9.17) is 4.42 Å². The normalized spacial score (nSPS) is 12.2. The highest BCUT2D eigenvalue weighted by Crippen LogP contribution is 2.42. The molecule has 0 saturated carbocycles. The van der Waals surface area contributed by atoms with Crippen LogP contribution in [0.2, 0.25) is 0 Å². The van der Waals surface area contributed by atoms with E-state index < -0.39 is 21.8 Å². The summed E-state index contributed by atoms with van der Waals surface area (Å²) in [6, 6.07) is 19.0. The Morgan fingerprint density at radius 3 is 2.29 bits per heavy atom. The molecule has 230 valence electrons. The van der Waals surface area contributed by atoms with Crippen molar-refractivity contribution in [2.75, 3.05) is 24.7 Å². The molecule has 12 heteroatoms. The summed E-state index contributed by atoms with van der Waals surface area (Å²) in [5.41, 5.74) is 4.43. The van der Waals surface area contributed by atoms with Crippen LogP contribution in [-0.2, 0) is 16.2 Å². The van der Waals surface area contributed by atoms with Crippen LogP contribution in [0.4, 0.5) is 18.9 Å². The van der Waals surface area contributed by atoms with Crippen molar-refractivity contribution in [3.05, 3.63) is 102 Å². The molecule has 0 spiro atoms. The summed E-state index contributed by atoms with van der Waals surface area (Å²) in [7, 11) is -0.809. The molecule has 1 N–H and O–H groups in total. The molecule has 6 rings (SSSR count). The van der Waals surface area contributed by atoms with Gasteiger partial charge in [-0.25, -0.2) is 8.42 Å². The van der Waals surface area contributed by atoms with Gasteiger partial charge in [-0.05, 0) is 49.4 Å². The molecular weight excluding hydrogens is 605 g/mol. The standard InChI is InChI=1S/C33H27F3N4O4S/c1-19-5-7-20(8-6-19)31-30(32(41)37-2)25-16-24(27(17-29(25)44-31)39(3)45(4,42)43)21-15-28-26(38-18-21)13-14-40(28)23-11-9-22(10-12-23)33(34,35)36/h5-18H,1-4H3,(H,37,41). The first-order valence-electron chi connectivity index (χ1n) is 13.7. The monoisotopic (exact) mass is 632 g/mol. The molecule has 0 unspecified atom stereocenters. The van der Waals surface area contributed by atoms with Gasteiger partial charge < -0.3 is 14.3 Å². The molecule has 0 atom stereocenters. The highest BCUT2D eigenvalue weighted by Gasteiger charge is 2.30. The SMILES string of the molecule is CNC(=O)c1c(-c2ccc(C)cc2)oc2cc(N(C)S(C)(=O)=O)c(-c3cnc4ccn(-c5ccc(C(F)(F)F)cc5)c4c3)cc12. The lowest BCUT2D eigenvalue weighted by Gasteiger charge is -2.20. The number of anilines is 1. The zero-order chi connectivity index (χ0) is 32.3. The number of pyridine rings is 1. The lowest BCUT2D eigenvalue weighted by Crippen LogP contribution is -2.25. The Morgan fingerprint density at radius 2 is 1.67 bits per heavy atom. The summed E-state index contributed by atoms with van der Waals surface area (Å²) in [4.78, 5) is 17.8. The number of hydrogen-bond donors (Lipinski definition) is 1. The highest BCUT2D eigenvalue weighted by atomic mass is 32.2. The summed E-state index contributed by atoms with van der Waals surface area (Å²) in [5, 5.41) is 3.13. The number of hydrogen-bond acceptors (Lipinski definition) is 5. The Kier molecular flexibility index (Phi) is 7.19. The Morgan fingerprint density at radius 1 is 0.978 bits per heavy atom. The zero-order valence-electron chi connectivity index (χ0n) is 24.6. The van der Waals surface area contributed by atoms with E-state index in [2.05, 4.69) is 10.3 Å². The molecule has 3 aromatic carbocycles. The fraction of sp³-hybridized carbons (Fsp3) is 0.152. The number of amides is 1. The largest absolute Gasteiger partial charge is 0.455 e. The Balaban J connectivity index is 1.59. The number of rotatable bonds is 6. The summed E-state index contributed by atoms with van der Waals surface area (Å²) in [6.07, 6.45) is -0.105. The van der Waals surface area contributed by atoms with Gasteiger partial charge in [-0.1, -0.05) is 29.8 Å². The van der Waals surface area contributed by atoms with Crippen LogP contribution in [0, 0.1) is 6.92 Å². The van der Waals surface area contributed by atoms with Crippen molar-refractivity contribution in [3.63, 3.8) is 0 Å². The van der Waals surface area contributed by atoms with E-state index in [0.29, 0.717) is 50.1 Å². The van der Waals surface area contributed by atoms with E-state index in [0.717, 1.165) is 28.3 Å². The maximum atomic E-state index is 13.2. The average molecular weight is 633 g/mol. The number of alkyl halides is 3. The number of fused-ring (bicyclic) bond motifs is 2. The lowest BCUT2D eigenvalue weighted by atomic mass is 9.99. The molecule has 0 bridgehead atoms. The molecule has 0 aliphatic heterocycles. The van der Waals surface area contributed by atoms with E-state index in [1.54, 1.807) is 41.2 Å². The summed E-state index contributed by atoms with van der Waals surface area (Å²) < 4.78 is 74.1. The minimum Gasteiger partial charge on any atom is -0.455 e. The van der Waals surface area contributed by atoms with Crippen LogP contribution in [-0.4, -0.2) is 44.2 Å². The van der Waals surface area contributed by atoms with Crippen molar-refractivity contribution >= 4 is 43.6 Å². The molecule has 0 aliphatic carbocycles. The summed E-state index contributed by atoms with van der Waals surface area (Å²) >= 11 is 0. The van der Waals surface area contributed by atoms with Gasteiger partial charge >= 0.3 is 6.18 Å². The second-order valence-corrected chi connectivity index (χ2v) is 12.7. The highest BCUT2D eigenvalue weighted by molar-refractivity contribution is 7.92. The molecule has 3 heterocycles. The molecular formula is C33H27F3N4O4S. The topological polar surface area (TPSA) is 97.4 Å². The van der Waals surface area contributed by atoms with Crippen molar-refractivity contribution in [1.29, 1.82) is 0 Å². The number of furan rings is 1. The fourth-order valence-corrected chi connectivity index (χ4v) is 5.76. The third-order valence-corrected chi connectivity index (χ3v) is 8.92. The summed E-state index contributed by atoms with van der Waals surface area (Å²) in [6.45, 7) is 1.94. The second-order valence-electron chi connectivity index (χ2n) is 10.7. The van der Waals surface area contributed by atoms with Crippen LogP contribution >= 0.6 is 0 Å². The van der Waals surface area contributed by atoms with Crippen molar-refractivity contribution in [2.24, 2.45) is 0 Å². The molecule has 0 aliphatic rings. The van der Waals surface area contributed by atoms with Gasteiger partial charge in [0.25, 0.3) is 5.91 Å². The van der Waals surface area contributed by atoms with E-state index >= 15 is 0 Å². The second kappa shape index (κ2) is 10.8. The maximum Gasteiger partial charge on any atom is 0.416 e. The van der Waals surface area contributed by atoms with Crippen LogP contribution in [0.15, 0.2) is 89.6 Å². The Labute approximate surface area is 256 Å². The fourth-order valence-electron chi connectivity index (χ4n) is 5.26. The van der Waals surface area contributed by atoms with Crippen LogP contribution < -0.4 is 9.62 Å². The van der Waals surface area contributed by atoms with Gasteiger partial charge in [0.2, 0.25) is 10.0 Å². The number of nitrogens with zero attached hydrogens (tertiary/aromatic N) is 3. The number of carbonyl (C=O) groups is 1. The number of carbonyl (C=O) groups excluding carboxylic acids is 1. The average Bonchev–Trinajstić information content (AvgIpc) is 3.60. The minimum absolute atomic E-state index is 0.284.